The molecule has 0 aliphatic carbocycles. The van der Waals surface area contributed by atoms with Crippen molar-refractivity contribution in [1.82, 2.24) is 4.98 Å². The molecule has 0 unspecified atom stereocenters. The van der Waals surface area contributed by atoms with E-state index >= 15 is 0 Å². The Morgan fingerprint density at radius 1 is 1.15 bits per heavy atom. The molecular weight excluding hydrogens is 269 g/mol. The van der Waals surface area contributed by atoms with Gasteiger partial charge in [0, 0.05) is 5.56 Å². The van der Waals surface area contributed by atoms with Crippen LogP contribution in [0.5, 0.6) is 0 Å². The summed E-state index contributed by atoms with van der Waals surface area (Å²) in [6.45, 7) is 0. The maximum Gasteiger partial charge on any atom is 0.252 e. The van der Waals surface area contributed by atoms with Crippen molar-refractivity contribution < 1.29 is 13.2 Å². The molecule has 1 aromatic carbocycles. The van der Waals surface area contributed by atoms with Crippen molar-refractivity contribution in [3.05, 3.63) is 59.0 Å². The highest BCUT2D eigenvalue weighted by atomic mass is 19.2. The number of aliphatic imine (C=N–C) groups is 1. The van der Waals surface area contributed by atoms with Crippen LogP contribution in [0.25, 0.3) is 0 Å². The van der Waals surface area contributed by atoms with E-state index in [4.69, 9.17) is 11.0 Å². The van der Waals surface area contributed by atoms with Gasteiger partial charge in [-0.3, -0.25) is 0 Å². The summed E-state index contributed by atoms with van der Waals surface area (Å²) >= 11 is 0. The van der Waals surface area contributed by atoms with Crippen LogP contribution in [0.1, 0.15) is 11.1 Å². The second kappa shape index (κ2) is 5.40. The fourth-order valence-electron chi connectivity index (χ4n) is 1.46. The Bertz CT molecular complexity index is 721. The Morgan fingerprint density at radius 3 is 2.40 bits per heavy atom. The first-order valence-corrected chi connectivity index (χ1v) is 5.38. The summed E-state index contributed by atoms with van der Waals surface area (Å²) in [7, 11) is 0. The molecule has 2 N–H and O–H groups in total. The molecule has 0 aliphatic heterocycles. The third-order valence-electron chi connectivity index (χ3n) is 2.43. The molecule has 0 amide bonds. The summed E-state index contributed by atoms with van der Waals surface area (Å²) in [4.78, 5) is 6.60. The number of nitriles is 1. The van der Waals surface area contributed by atoms with E-state index in [0.717, 1.165) is 0 Å². The van der Waals surface area contributed by atoms with Crippen molar-refractivity contribution in [1.29, 1.82) is 5.26 Å². The Balaban J connectivity index is 2.55. The van der Waals surface area contributed by atoms with Gasteiger partial charge < -0.3 is 5.73 Å². The van der Waals surface area contributed by atoms with Gasteiger partial charge in [0.05, 0.1) is 0 Å². The van der Waals surface area contributed by atoms with Crippen LogP contribution in [0.3, 0.4) is 0 Å². The molecule has 0 saturated carbocycles. The van der Waals surface area contributed by atoms with Gasteiger partial charge in [-0.25, -0.2) is 13.8 Å². The molecule has 1 aromatic heterocycles. The van der Waals surface area contributed by atoms with Crippen LogP contribution in [-0.2, 0) is 0 Å². The summed E-state index contributed by atoms with van der Waals surface area (Å²) in [5, 5.41) is 8.60. The number of hydrogen-bond acceptors (Lipinski definition) is 3. The maximum atomic E-state index is 13.7. The van der Waals surface area contributed by atoms with E-state index in [9.17, 15) is 13.2 Å². The molecule has 0 spiro atoms. The first-order chi connectivity index (χ1) is 9.54. The summed E-state index contributed by atoms with van der Waals surface area (Å²) in [6, 6.07) is 9.50. The van der Waals surface area contributed by atoms with E-state index in [1.807, 2.05) is 0 Å². The van der Waals surface area contributed by atoms with Gasteiger partial charge in [-0.05, 0) is 0 Å². The summed E-state index contributed by atoms with van der Waals surface area (Å²) in [5.74, 6) is -5.52. The molecule has 4 nitrogen and oxygen atoms in total. The zero-order valence-corrected chi connectivity index (χ0v) is 9.94. The molecular formula is C13H7F3N4. The number of rotatable bonds is 2. The zero-order valence-electron chi connectivity index (χ0n) is 9.94. The molecule has 20 heavy (non-hydrogen) atoms. The Hall–Kier alpha value is -2.88. The molecule has 0 bridgehead atoms. The quantitative estimate of drug-likeness (QED) is 0.520. The van der Waals surface area contributed by atoms with Crippen LogP contribution in [0.2, 0.25) is 0 Å². The lowest BCUT2D eigenvalue weighted by molar-refractivity contribution is 0.463. The van der Waals surface area contributed by atoms with E-state index < -0.39 is 29.0 Å². The third kappa shape index (κ3) is 2.44. The minimum absolute atomic E-state index is 0.133. The van der Waals surface area contributed by atoms with Crippen molar-refractivity contribution in [3.63, 3.8) is 0 Å². The number of nitrogens with two attached hydrogens (primary N) is 1. The molecule has 1 heterocycles. The minimum atomic E-state index is -1.65. The molecule has 0 radical (unpaired) electrons. The van der Waals surface area contributed by atoms with Crippen molar-refractivity contribution in [2.24, 2.45) is 10.7 Å². The maximum absolute atomic E-state index is 13.7. The van der Waals surface area contributed by atoms with Crippen LogP contribution in [0.4, 0.5) is 19.0 Å². The van der Waals surface area contributed by atoms with Gasteiger partial charge >= 0.3 is 0 Å². The number of aromatic nitrogens is 1. The van der Waals surface area contributed by atoms with Gasteiger partial charge in [0.25, 0.3) is 5.95 Å². The predicted molar refractivity (Wildman–Crippen MR) is 65.7 cm³/mol. The first kappa shape index (κ1) is 13.5. The molecule has 2 aromatic rings. The lowest BCUT2D eigenvalue weighted by Crippen LogP contribution is -2.13. The smallest absolute Gasteiger partial charge is 0.252 e. The Morgan fingerprint density at radius 2 is 1.80 bits per heavy atom. The van der Waals surface area contributed by atoms with Gasteiger partial charge in [-0.2, -0.15) is 14.6 Å². The molecule has 2 rings (SSSR count). The molecule has 100 valence electrons. The normalized spacial score (nSPS) is 11.2. The van der Waals surface area contributed by atoms with Gasteiger partial charge in [0.15, 0.2) is 17.5 Å². The van der Waals surface area contributed by atoms with Crippen LogP contribution in [0, 0.1) is 28.9 Å². The summed E-state index contributed by atoms with van der Waals surface area (Å²) in [5.41, 5.74) is 4.99. The van der Waals surface area contributed by atoms with Crippen LogP contribution in [-0.4, -0.2) is 10.8 Å². The SMILES string of the molecule is N#Cc1c(F)c(F)nc(N=C(N)c2ccccc2)c1F. The highest BCUT2D eigenvalue weighted by Crippen LogP contribution is 2.22. The molecule has 0 atom stereocenters. The average Bonchev–Trinajstić information content (AvgIpc) is 2.46. The van der Waals surface area contributed by atoms with Gasteiger partial charge in [0.1, 0.15) is 17.5 Å². The summed E-state index contributed by atoms with van der Waals surface area (Å²) < 4.78 is 40.0. The largest absolute Gasteiger partial charge is 0.383 e. The minimum Gasteiger partial charge on any atom is -0.383 e. The van der Waals surface area contributed by atoms with E-state index in [2.05, 4.69) is 9.98 Å². The van der Waals surface area contributed by atoms with Crippen LogP contribution < -0.4 is 5.73 Å². The zero-order chi connectivity index (χ0) is 14.7. The van der Waals surface area contributed by atoms with Crippen LogP contribution >= 0.6 is 0 Å². The topological polar surface area (TPSA) is 75.1 Å². The van der Waals surface area contributed by atoms with Gasteiger partial charge in [-0.1, -0.05) is 30.3 Å². The van der Waals surface area contributed by atoms with E-state index in [0.29, 0.717) is 5.56 Å². The highest BCUT2D eigenvalue weighted by molar-refractivity contribution is 5.98. The Kier molecular flexibility index (Phi) is 3.66. The average molecular weight is 276 g/mol. The number of pyridine rings is 1. The number of halogens is 3. The van der Waals surface area contributed by atoms with Crippen molar-refractivity contribution >= 4 is 11.7 Å². The molecule has 0 saturated heterocycles. The standard InChI is InChI=1S/C13H7F3N4/c14-9-8(6-17)10(15)13(19-11(9)16)20-12(18)7-4-2-1-3-5-7/h1-5H,(H2,18,19,20). The lowest BCUT2D eigenvalue weighted by atomic mass is 10.2. The molecule has 0 aliphatic rings. The number of hydrogen-bond donors (Lipinski definition) is 1. The third-order valence-corrected chi connectivity index (χ3v) is 2.43. The van der Waals surface area contributed by atoms with E-state index in [1.165, 1.54) is 6.07 Å². The Labute approximate surface area is 112 Å². The number of amidine groups is 1. The second-order valence-corrected chi connectivity index (χ2v) is 3.70. The molecule has 7 heteroatoms. The lowest BCUT2D eigenvalue weighted by Gasteiger charge is -2.03. The fraction of sp³-hybridized carbons (Fsp3) is 0. The van der Waals surface area contributed by atoms with E-state index in [-0.39, 0.29) is 5.84 Å². The molecule has 0 fully saturated rings. The number of nitrogens with zero attached hydrogens (tertiary/aromatic N) is 3. The van der Waals surface area contributed by atoms with Crippen molar-refractivity contribution in [3.8, 4) is 6.07 Å². The van der Waals surface area contributed by atoms with Crippen molar-refractivity contribution in [2.45, 2.75) is 0 Å². The van der Waals surface area contributed by atoms with Crippen LogP contribution in [0.15, 0.2) is 35.3 Å². The monoisotopic (exact) mass is 276 g/mol. The fourth-order valence-corrected chi connectivity index (χ4v) is 1.46. The van der Waals surface area contributed by atoms with Crippen molar-refractivity contribution in [2.75, 3.05) is 0 Å². The van der Waals surface area contributed by atoms with Gasteiger partial charge in [0.2, 0.25) is 0 Å². The first-order valence-electron chi connectivity index (χ1n) is 5.38. The number of benzene rings is 1. The van der Waals surface area contributed by atoms with E-state index in [1.54, 1.807) is 30.3 Å². The highest BCUT2D eigenvalue weighted by Gasteiger charge is 2.20. The second-order valence-electron chi connectivity index (χ2n) is 3.70. The summed E-state index contributed by atoms with van der Waals surface area (Å²) in [6.07, 6.45) is 0. The van der Waals surface area contributed by atoms with Gasteiger partial charge in [-0.15, -0.1) is 0 Å². The predicted octanol–water partition coefficient (Wildman–Crippen LogP) is 2.41.